The second-order valence-corrected chi connectivity index (χ2v) is 6.70. The Morgan fingerprint density at radius 2 is 1.73 bits per heavy atom. The lowest BCUT2D eigenvalue weighted by molar-refractivity contribution is 0.0697. The van der Waals surface area contributed by atoms with Crippen molar-refractivity contribution in [3.05, 3.63) is 59.4 Å². The number of halogens is 1. The SMILES string of the molecule is Cc1ccc(S(=O)(=O)N(C)c2c(F)cccc2C(=O)O)cc1. The second-order valence-electron chi connectivity index (χ2n) is 4.73. The van der Waals surface area contributed by atoms with Gasteiger partial charge in [-0.3, -0.25) is 4.31 Å². The molecule has 22 heavy (non-hydrogen) atoms. The zero-order valence-electron chi connectivity index (χ0n) is 11.9. The van der Waals surface area contributed by atoms with E-state index in [1.54, 1.807) is 19.1 Å². The number of benzene rings is 2. The quantitative estimate of drug-likeness (QED) is 0.938. The highest BCUT2D eigenvalue weighted by atomic mass is 32.2. The molecule has 0 aliphatic rings. The van der Waals surface area contributed by atoms with Crippen LogP contribution in [0.15, 0.2) is 47.4 Å². The maximum atomic E-state index is 14.0. The zero-order valence-corrected chi connectivity index (χ0v) is 12.8. The molecule has 0 aromatic heterocycles. The van der Waals surface area contributed by atoms with Crippen LogP contribution >= 0.6 is 0 Å². The molecule has 0 aliphatic carbocycles. The first-order valence-electron chi connectivity index (χ1n) is 6.32. The number of carboxylic acids is 1. The Labute approximate surface area is 127 Å². The summed E-state index contributed by atoms with van der Waals surface area (Å²) in [7, 11) is -2.93. The first-order valence-corrected chi connectivity index (χ1v) is 7.76. The molecule has 0 saturated heterocycles. The van der Waals surface area contributed by atoms with Crippen molar-refractivity contribution in [2.24, 2.45) is 0 Å². The van der Waals surface area contributed by atoms with Crippen LogP contribution in [0.3, 0.4) is 0 Å². The van der Waals surface area contributed by atoms with Gasteiger partial charge in [0.15, 0.2) is 0 Å². The largest absolute Gasteiger partial charge is 0.478 e. The number of aryl methyl sites for hydroxylation is 1. The van der Waals surface area contributed by atoms with Crippen LogP contribution in [-0.2, 0) is 10.0 Å². The van der Waals surface area contributed by atoms with Crippen LogP contribution in [0.2, 0.25) is 0 Å². The lowest BCUT2D eigenvalue weighted by atomic mass is 10.1. The average molecular weight is 323 g/mol. The molecule has 7 heteroatoms. The van der Waals surface area contributed by atoms with Gasteiger partial charge in [0.1, 0.15) is 11.5 Å². The molecule has 0 bridgehead atoms. The number of carboxylic acid groups (broad SMARTS) is 1. The smallest absolute Gasteiger partial charge is 0.337 e. The van der Waals surface area contributed by atoms with Crippen LogP contribution in [0, 0.1) is 12.7 Å². The normalized spacial score (nSPS) is 11.2. The van der Waals surface area contributed by atoms with Crippen molar-refractivity contribution in [3.63, 3.8) is 0 Å². The summed E-state index contributed by atoms with van der Waals surface area (Å²) in [6, 6.07) is 9.39. The predicted octanol–water partition coefficient (Wildman–Crippen LogP) is 2.66. The van der Waals surface area contributed by atoms with Gasteiger partial charge in [0.05, 0.1) is 10.5 Å². The van der Waals surface area contributed by atoms with Gasteiger partial charge in [-0.25, -0.2) is 17.6 Å². The van der Waals surface area contributed by atoms with E-state index < -0.39 is 33.1 Å². The van der Waals surface area contributed by atoms with Crippen LogP contribution in [-0.4, -0.2) is 26.5 Å². The summed E-state index contributed by atoms with van der Waals surface area (Å²) in [5.41, 5.74) is -0.0347. The van der Waals surface area contributed by atoms with Crippen molar-refractivity contribution in [1.29, 1.82) is 0 Å². The van der Waals surface area contributed by atoms with E-state index in [0.29, 0.717) is 4.31 Å². The van der Waals surface area contributed by atoms with Crippen LogP contribution in [0.4, 0.5) is 10.1 Å². The number of sulfonamides is 1. The summed E-state index contributed by atoms with van der Waals surface area (Å²) < 4.78 is 39.7. The summed E-state index contributed by atoms with van der Waals surface area (Å²) in [4.78, 5) is 11.2. The Morgan fingerprint density at radius 1 is 1.14 bits per heavy atom. The maximum absolute atomic E-state index is 14.0. The van der Waals surface area contributed by atoms with E-state index in [-0.39, 0.29) is 4.90 Å². The molecule has 2 rings (SSSR count). The van der Waals surface area contributed by atoms with E-state index >= 15 is 0 Å². The minimum atomic E-state index is -4.06. The number of para-hydroxylation sites is 1. The molecule has 0 aliphatic heterocycles. The summed E-state index contributed by atoms with van der Waals surface area (Å²) in [5, 5.41) is 9.12. The Balaban J connectivity index is 2.59. The van der Waals surface area contributed by atoms with Crippen LogP contribution < -0.4 is 4.31 Å². The fraction of sp³-hybridized carbons (Fsp3) is 0.133. The zero-order chi connectivity index (χ0) is 16.5. The molecule has 0 amide bonds. The highest BCUT2D eigenvalue weighted by Gasteiger charge is 2.27. The Morgan fingerprint density at radius 3 is 2.27 bits per heavy atom. The van der Waals surface area contributed by atoms with Crippen molar-refractivity contribution in [3.8, 4) is 0 Å². The Hall–Kier alpha value is -2.41. The van der Waals surface area contributed by atoms with Gasteiger partial charge in [-0.1, -0.05) is 23.8 Å². The van der Waals surface area contributed by atoms with Crippen molar-refractivity contribution >= 4 is 21.7 Å². The highest BCUT2D eigenvalue weighted by Crippen LogP contribution is 2.28. The number of hydrogen-bond acceptors (Lipinski definition) is 3. The third kappa shape index (κ3) is 2.80. The molecule has 0 spiro atoms. The van der Waals surface area contributed by atoms with Gasteiger partial charge in [-0.05, 0) is 31.2 Å². The lowest BCUT2D eigenvalue weighted by Gasteiger charge is -2.21. The van der Waals surface area contributed by atoms with Crippen LogP contribution in [0.25, 0.3) is 0 Å². The number of nitrogens with zero attached hydrogens (tertiary/aromatic N) is 1. The van der Waals surface area contributed by atoms with Crippen LogP contribution in [0.5, 0.6) is 0 Å². The van der Waals surface area contributed by atoms with E-state index in [1.165, 1.54) is 18.2 Å². The van der Waals surface area contributed by atoms with E-state index in [4.69, 9.17) is 5.11 Å². The number of carbonyl (C=O) groups is 1. The monoisotopic (exact) mass is 323 g/mol. The maximum Gasteiger partial charge on any atom is 0.337 e. The van der Waals surface area contributed by atoms with Crippen molar-refractivity contribution in [2.75, 3.05) is 11.4 Å². The first-order chi connectivity index (χ1) is 10.2. The molecule has 0 heterocycles. The fourth-order valence-electron chi connectivity index (χ4n) is 2.00. The minimum Gasteiger partial charge on any atom is -0.478 e. The Bertz CT molecular complexity index is 816. The van der Waals surface area contributed by atoms with Crippen molar-refractivity contribution in [2.45, 2.75) is 11.8 Å². The summed E-state index contributed by atoms with van der Waals surface area (Å²) >= 11 is 0. The molecule has 5 nitrogen and oxygen atoms in total. The molecular weight excluding hydrogens is 309 g/mol. The number of aromatic carboxylic acids is 1. The van der Waals surface area contributed by atoms with Gasteiger partial charge in [-0.2, -0.15) is 0 Å². The van der Waals surface area contributed by atoms with Crippen LogP contribution in [0.1, 0.15) is 15.9 Å². The average Bonchev–Trinajstić information content (AvgIpc) is 2.46. The number of hydrogen-bond donors (Lipinski definition) is 1. The molecular formula is C15H14FNO4S. The molecule has 1 N–H and O–H groups in total. The first kappa shape index (κ1) is 16.0. The van der Waals surface area contributed by atoms with Gasteiger partial charge >= 0.3 is 5.97 Å². The standard InChI is InChI=1S/C15H14FNO4S/c1-10-6-8-11(9-7-10)22(20,21)17(2)14-12(15(18)19)4-3-5-13(14)16/h3-9H,1-2H3,(H,18,19). The van der Waals surface area contributed by atoms with Gasteiger partial charge in [0.2, 0.25) is 0 Å². The molecule has 116 valence electrons. The molecule has 0 atom stereocenters. The van der Waals surface area contributed by atoms with Gasteiger partial charge in [-0.15, -0.1) is 0 Å². The third-order valence-corrected chi connectivity index (χ3v) is 4.98. The van der Waals surface area contributed by atoms with E-state index in [0.717, 1.165) is 24.7 Å². The van der Waals surface area contributed by atoms with Gasteiger partial charge in [0, 0.05) is 7.05 Å². The molecule has 0 saturated carbocycles. The predicted molar refractivity (Wildman–Crippen MR) is 80.1 cm³/mol. The molecule has 0 fully saturated rings. The highest BCUT2D eigenvalue weighted by molar-refractivity contribution is 7.92. The van der Waals surface area contributed by atoms with Crippen molar-refractivity contribution in [1.82, 2.24) is 0 Å². The summed E-state index contributed by atoms with van der Waals surface area (Å²) in [6.07, 6.45) is 0. The van der Waals surface area contributed by atoms with E-state index in [1.807, 2.05) is 0 Å². The molecule has 2 aromatic carbocycles. The second kappa shape index (κ2) is 5.76. The number of rotatable bonds is 4. The van der Waals surface area contributed by atoms with E-state index in [9.17, 15) is 17.6 Å². The minimum absolute atomic E-state index is 0.0415. The molecule has 0 radical (unpaired) electrons. The van der Waals surface area contributed by atoms with Crippen molar-refractivity contribution < 1.29 is 22.7 Å². The molecule has 0 unspecified atom stereocenters. The Kier molecular flexibility index (Phi) is 4.18. The summed E-state index contributed by atoms with van der Waals surface area (Å²) in [5.74, 6) is -2.32. The van der Waals surface area contributed by atoms with Gasteiger partial charge in [0.25, 0.3) is 10.0 Å². The number of anilines is 1. The lowest BCUT2D eigenvalue weighted by Crippen LogP contribution is -2.29. The summed E-state index contributed by atoms with van der Waals surface area (Å²) in [6.45, 7) is 1.81. The van der Waals surface area contributed by atoms with E-state index in [2.05, 4.69) is 0 Å². The topological polar surface area (TPSA) is 74.7 Å². The fourth-order valence-corrected chi connectivity index (χ4v) is 3.22. The molecule has 2 aromatic rings. The van der Waals surface area contributed by atoms with Gasteiger partial charge < -0.3 is 5.11 Å². The third-order valence-electron chi connectivity index (χ3n) is 3.21.